The Labute approximate surface area is 207 Å². The highest BCUT2D eigenvalue weighted by Gasteiger charge is 2.22. The van der Waals surface area contributed by atoms with E-state index in [1.807, 2.05) is 19.9 Å². The van der Waals surface area contributed by atoms with Crippen LogP contribution in [-0.2, 0) is 13.0 Å². The fourth-order valence-corrected chi connectivity index (χ4v) is 4.12. The smallest absolute Gasteiger partial charge is 0.329 e. The largest absolute Gasteiger partial charge is 0.342 e. The van der Waals surface area contributed by atoms with E-state index in [1.54, 1.807) is 37.1 Å². The lowest BCUT2D eigenvalue weighted by Gasteiger charge is -2.19. The molecule has 0 aliphatic rings. The van der Waals surface area contributed by atoms with Crippen LogP contribution in [0.25, 0.3) is 22.3 Å². The lowest BCUT2D eigenvalue weighted by atomic mass is 10.0. The minimum Gasteiger partial charge on any atom is -0.342 e. The molecular formula is C26H29FN6O3. The second kappa shape index (κ2) is 10.3. The second-order valence-corrected chi connectivity index (χ2v) is 9.07. The van der Waals surface area contributed by atoms with E-state index in [4.69, 9.17) is 0 Å². The average molecular weight is 493 g/mol. The minimum absolute atomic E-state index is 0.00151. The summed E-state index contributed by atoms with van der Waals surface area (Å²) in [4.78, 5) is 46.9. The van der Waals surface area contributed by atoms with Crippen LogP contribution < -0.4 is 11.2 Å². The Balaban J connectivity index is 1.54. The van der Waals surface area contributed by atoms with E-state index in [0.29, 0.717) is 31.6 Å². The molecule has 0 bridgehead atoms. The van der Waals surface area contributed by atoms with Crippen LogP contribution in [-0.4, -0.2) is 49.1 Å². The van der Waals surface area contributed by atoms with Gasteiger partial charge in [0.1, 0.15) is 5.82 Å². The first-order chi connectivity index (χ1) is 17.2. The molecule has 1 amide bonds. The molecule has 4 aromatic rings. The summed E-state index contributed by atoms with van der Waals surface area (Å²) in [5.41, 5.74) is 2.36. The molecule has 10 heteroatoms. The zero-order chi connectivity index (χ0) is 26.0. The number of nitrogens with zero attached hydrogens (tertiary/aromatic N) is 4. The first-order valence-electron chi connectivity index (χ1n) is 11.9. The molecule has 4 rings (SSSR count). The van der Waals surface area contributed by atoms with Gasteiger partial charge < -0.3 is 4.90 Å². The van der Waals surface area contributed by atoms with Gasteiger partial charge in [0.05, 0.1) is 16.6 Å². The Morgan fingerprint density at radius 1 is 1.17 bits per heavy atom. The molecule has 36 heavy (non-hydrogen) atoms. The van der Waals surface area contributed by atoms with E-state index in [9.17, 15) is 18.8 Å². The Hall–Kier alpha value is -4.08. The summed E-state index contributed by atoms with van der Waals surface area (Å²) in [6.45, 7) is 6.42. The number of nitrogens with one attached hydrogen (secondary N) is 2. The van der Waals surface area contributed by atoms with Gasteiger partial charge in [-0.3, -0.25) is 24.2 Å². The van der Waals surface area contributed by atoms with Crippen molar-refractivity contribution in [2.24, 2.45) is 0 Å². The number of H-pyrrole nitrogens is 2. The van der Waals surface area contributed by atoms with E-state index in [1.165, 1.54) is 16.7 Å². The van der Waals surface area contributed by atoms with Gasteiger partial charge in [-0.1, -0.05) is 13.8 Å². The van der Waals surface area contributed by atoms with Gasteiger partial charge in [-0.15, -0.1) is 0 Å². The van der Waals surface area contributed by atoms with Crippen LogP contribution in [0.4, 0.5) is 4.39 Å². The van der Waals surface area contributed by atoms with Crippen molar-refractivity contribution in [3.8, 4) is 11.3 Å². The zero-order valence-corrected chi connectivity index (χ0v) is 20.8. The first-order valence-corrected chi connectivity index (χ1v) is 11.9. The molecule has 2 N–H and O–H groups in total. The molecule has 0 spiro atoms. The molecule has 0 aliphatic heterocycles. The molecule has 3 heterocycles. The Morgan fingerprint density at radius 2 is 1.89 bits per heavy atom. The second-order valence-electron chi connectivity index (χ2n) is 9.07. The Morgan fingerprint density at radius 3 is 2.56 bits per heavy atom. The van der Waals surface area contributed by atoms with Crippen molar-refractivity contribution in [1.29, 1.82) is 0 Å². The maximum Gasteiger partial charge on any atom is 0.329 e. The Bertz CT molecular complexity index is 1520. The molecule has 0 saturated carbocycles. The number of pyridine rings is 1. The van der Waals surface area contributed by atoms with Gasteiger partial charge in [0.25, 0.3) is 11.5 Å². The quantitative estimate of drug-likeness (QED) is 0.391. The fraction of sp³-hybridized carbons (Fsp3) is 0.346. The van der Waals surface area contributed by atoms with Gasteiger partial charge >= 0.3 is 5.69 Å². The third-order valence-electron chi connectivity index (χ3n) is 6.16. The number of benzene rings is 1. The summed E-state index contributed by atoms with van der Waals surface area (Å²) < 4.78 is 14.5. The molecule has 188 valence electrons. The number of amides is 1. The van der Waals surface area contributed by atoms with Crippen molar-refractivity contribution in [2.45, 2.75) is 46.1 Å². The molecule has 0 saturated heterocycles. The van der Waals surface area contributed by atoms with Gasteiger partial charge in [0, 0.05) is 37.1 Å². The van der Waals surface area contributed by atoms with Gasteiger partial charge in [-0.2, -0.15) is 5.10 Å². The van der Waals surface area contributed by atoms with Crippen LogP contribution in [0.15, 0.2) is 46.0 Å². The molecule has 0 unspecified atom stereocenters. The number of carbonyl (C=O) groups excluding carboxylic acids is 1. The normalized spacial score (nSPS) is 11.4. The van der Waals surface area contributed by atoms with Crippen LogP contribution in [0.5, 0.6) is 0 Å². The molecule has 0 radical (unpaired) electrons. The average Bonchev–Trinajstić information content (AvgIpc) is 3.32. The van der Waals surface area contributed by atoms with Crippen molar-refractivity contribution in [2.75, 3.05) is 13.6 Å². The number of rotatable bonds is 8. The third-order valence-corrected chi connectivity index (χ3v) is 6.16. The van der Waals surface area contributed by atoms with Crippen LogP contribution in [0.1, 0.15) is 54.9 Å². The predicted molar refractivity (Wildman–Crippen MR) is 136 cm³/mol. The SMILES string of the molecule is CCn1c(=O)[nH]c(=O)c2c(C(=O)N(C)CCCc3cc(-c4ccc(F)cc4)n[nH]3)cc(C(C)C)nc21. The predicted octanol–water partition coefficient (Wildman–Crippen LogP) is 3.46. The standard InChI is InChI=1S/C26H29FN6O3/c1-5-33-23-22(24(34)29-26(33)36)19(14-20(28-23)15(2)3)25(35)32(4)12-6-7-18-13-21(31-30-18)16-8-10-17(27)11-9-16/h8-11,13-15H,5-7,12H2,1-4H3,(H,30,31)(H,29,34,36). The summed E-state index contributed by atoms with van der Waals surface area (Å²) >= 11 is 0. The van der Waals surface area contributed by atoms with Gasteiger partial charge in [0.2, 0.25) is 0 Å². The van der Waals surface area contributed by atoms with Crippen molar-refractivity contribution in [3.63, 3.8) is 0 Å². The van der Waals surface area contributed by atoms with Crippen molar-refractivity contribution >= 4 is 16.9 Å². The number of aromatic amines is 2. The maximum absolute atomic E-state index is 13.4. The molecule has 3 aromatic heterocycles. The molecule has 0 atom stereocenters. The summed E-state index contributed by atoms with van der Waals surface area (Å²) in [7, 11) is 1.69. The highest BCUT2D eigenvalue weighted by molar-refractivity contribution is 6.05. The first kappa shape index (κ1) is 25.0. The van der Waals surface area contributed by atoms with E-state index < -0.39 is 11.2 Å². The van der Waals surface area contributed by atoms with Gasteiger partial charge in [0.15, 0.2) is 5.65 Å². The molecule has 1 aromatic carbocycles. The summed E-state index contributed by atoms with van der Waals surface area (Å²) in [6.07, 6.45) is 1.31. The molecule has 0 aliphatic carbocycles. The number of aryl methyl sites for hydroxylation is 2. The fourth-order valence-electron chi connectivity index (χ4n) is 4.12. The highest BCUT2D eigenvalue weighted by Crippen LogP contribution is 2.22. The van der Waals surface area contributed by atoms with E-state index in [-0.39, 0.29) is 34.2 Å². The van der Waals surface area contributed by atoms with Gasteiger partial charge in [-0.05, 0) is 62.1 Å². The topological polar surface area (TPSA) is 117 Å². The molecular weight excluding hydrogens is 463 g/mol. The van der Waals surface area contributed by atoms with Crippen molar-refractivity contribution in [3.05, 3.63) is 80.0 Å². The van der Waals surface area contributed by atoms with Crippen LogP contribution in [0, 0.1) is 5.82 Å². The third kappa shape index (κ3) is 4.98. The lowest BCUT2D eigenvalue weighted by Crippen LogP contribution is -2.34. The maximum atomic E-state index is 13.4. The summed E-state index contributed by atoms with van der Waals surface area (Å²) in [5.74, 6) is -0.612. The van der Waals surface area contributed by atoms with Crippen LogP contribution >= 0.6 is 0 Å². The van der Waals surface area contributed by atoms with E-state index in [0.717, 1.165) is 17.0 Å². The number of halogens is 1. The van der Waals surface area contributed by atoms with Crippen molar-refractivity contribution in [1.82, 2.24) is 29.6 Å². The van der Waals surface area contributed by atoms with Gasteiger partial charge in [-0.25, -0.2) is 14.2 Å². The lowest BCUT2D eigenvalue weighted by molar-refractivity contribution is 0.0795. The number of carbonyl (C=O) groups is 1. The summed E-state index contributed by atoms with van der Waals surface area (Å²) in [5, 5.41) is 7.40. The molecule has 0 fully saturated rings. The van der Waals surface area contributed by atoms with Crippen molar-refractivity contribution < 1.29 is 9.18 Å². The molecule has 9 nitrogen and oxygen atoms in total. The monoisotopic (exact) mass is 492 g/mol. The summed E-state index contributed by atoms with van der Waals surface area (Å²) in [6, 6.07) is 9.68. The van der Waals surface area contributed by atoms with Crippen LogP contribution in [0.2, 0.25) is 0 Å². The van der Waals surface area contributed by atoms with Crippen LogP contribution in [0.3, 0.4) is 0 Å². The number of aromatic nitrogens is 5. The highest BCUT2D eigenvalue weighted by atomic mass is 19.1. The zero-order valence-electron chi connectivity index (χ0n) is 20.8. The van der Waals surface area contributed by atoms with E-state index in [2.05, 4.69) is 20.2 Å². The number of hydrogen-bond donors (Lipinski definition) is 2. The minimum atomic E-state index is -0.620. The Kier molecular flexibility index (Phi) is 7.14. The van der Waals surface area contributed by atoms with E-state index >= 15 is 0 Å². The number of hydrogen-bond acceptors (Lipinski definition) is 5. The number of fused-ring (bicyclic) bond motifs is 1.